The highest BCUT2D eigenvalue weighted by atomic mass is 35.5. The summed E-state index contributed by atoms with van der Waals surface area (Å²) in [4.78, 5) is 9.62. The number of pyridine rings is 1. The van der Waals surface area contributed by atoms with Crippen molar-refractivity contribution in [2.24, 2.45) is 10.1 Å². The third-order valence-corrected chi connectivity index (χ3v) is 5.68. The Hall–Kier alpha value is -2.37. The van der Waals surface area contributed by atoms with Crippen LogP contribution < -0.4 is 5.43 Å². The van der Waals surface area contributed by atoms with Crippen LogP contribution >= 0.6 is 23.4 Å². The molecule has 0 fully saturated rings. The molecule has 1 aromatic heterocycles. The number of nitrogens with zero attached hydrogens (tertiary/aromatic N) is 3. The van der Waals surface area contributed by atoms with Crippen LogP contribution in [0.2, 0.25) is 5.02 Å². The number of aromatic nitrogens is 1. The van der Waals surface area contributed by atoms with Crippen LogP contribution in [0, 0.1) is 20.8 Å². The van der Waals surface area contributed by atoms with Crippen molar-refractivity contribution >= 4 is 51.3 Å². The number of hydrazone groups is 1. The summed E-state index contributed by atoms with van der Waals surface area (Å²) in [5.74, 6) is 0. The molecule has 0 aliphatic carbocycles. The molecule has 1 N–H and O–H groups in total. The maximum absolute atomic E-state index is 6.26. The van der Waals surface area contributed by atoms with Crippen LogP contribution in [0.3, 0.4) is 0 Å². The smallest absolute Gasteiger partial charge is 0.188 e. The first kappa shape index (κ1) is 17.1. The number of para-hydroxylation sites is 1. The minimum atomic E-state index is 0.698. The fourth-order valence-electron chi connectivity index (χ4n) is 2.93. The molecule has 0 unspecified atom stereocenters. The van der Waals surface area contributed by atoms with Gasteiger partial charge in [0.1, 0.15) is 5.03 Å². The zero-order chi connectivity index (χ0) is 18.3. The summed E-state index contributed by atoms with van der Waals surface area (Å²) in [5, 5.41) is 7.63. The number of aliphatic imine (C=N–C) groups is 1. The van der Waals surface area contributed by atoms with Gasteiger partial charge in [-0.15, -0.1) is 0 Å². The Kier molecular flexibility index (Phi) is 4.42. The van der Waals surface area contributed by atoms with Crippen molar-refractivity contribution in [3.8, 4) is 0 Å². The van der Waals surface area contributed by atoms with E-state index in [1.165, 1.54) is 11.8 Å². The number of amidine groups is 1. The van der Waals surface area contributed by atoms with Gasteiger partial charge >= 0.3 is 0 Å². The second kappa shape index (κ2) is 6.74. The molecular weight excluding hydrogens is 364 g/mol. The molecule has 0 bridgehead atoms. The SMILES string of the molecule is Cc1cccc(C)c1N=C1NN=Cc2cc3ccc(Cl)c(C)c3nc2S1. The predicted octanol–water partition coefficient (Wildman–Crippen LogP) is 5.53. The van der Waals surface area contributed by atoms with Gasteiger partial charge in [0.25, 0.3) is 0 Å². The van der Waals surface area contributed by atoms with Gasteiger partial charge < -0.3 is 0 Å². The van der Waals surface area contributed by atoms with Crippen LogP contribution in [-0.4, -0.2) is 16.4 Å². The Morgan fingerprint density at radius 1 is 1.08 bits per heavy atom. The quantitative estimate of drug-likeness (QED) is 0.603. The number of rotatable bonds is 1. The fourth-order valence-corrected chi connectivity index (χ4v) is 3.87. The lowest BCUT2D eigenvalue weighted by Gasteiger charge is -2.09. The summed E-state index contributed by atoms with van der Waals surface area (Å²) >= 11 is 7.74. The average Bonchev–Trinajstić information content (AvgIpc) is 2.81. The third-order valence-electron chi connectivity index (χ3n) is 4.38. The van der Waals surface area contributed by atoms with E-state index < -0.39 is 0 Å². The van der Waals surface area contributed by atoms with E-state index in [-0.39, 0.29) is 0 Å². The predicted molar refractivity (Wildman–Crippen MR) is 111 cm³/mol. The molecule has 0 atom stereocenters. The van der Waals surface area contributed by atoms with Crippen molar-refractivity contribution in [1.29, 1.82) is 0 Å². The van der Waals surface area contributed by atoms with Crippen molar-refractivity contribution in [1.82, 2.24) is 10.4 Å². The van der Waals surface area contributed by atoms with E-state index in [4.69, 9.17) is 21.6 Å². The van der Waals surface area contributed by atoms with Gasteiger partial charge in [-0.2, -0.15) is 5.10 Å². The second-order valence-electron chi connectivity index (χ2n) is 6.26. The van der Waals surface area contributed by atoms with Crippen LogP contribution in [0.5, 0.6) is 0 Å². The van der Waals surface area contributed by atoms with E-state index >= 15 is 0 Å². The molecule has 2 aromatic carbocycles. The van der Waals surface area contributed by atoms with Crippen LogP contribution in [-0.2, 0) is 0 Å². The molecule has 26 heavy (non-hydrogen) atoms. The Morgan fingerprint density at radius 2 is 1.85 bits per heavy atom. The standard InChI is InChI=1S/C20H17ClN4S/c1-11-5-4-6-12(2)17(11)24-20-25-22-10-15-9-14-7-8-16(21)13(3)18(14)23-19(15)26-20/h4-10H,1-3H3,(H,24,25). The number of hydrogen-bond donors (Lipinski definition) is 1. The largest absolute Gasteiger partial charge is 0.255 e. The molecule has 0 saturated carbocycles. The average molecular weight is 381 g/mol. The van der Waals surface area contributed by atoms with Crippen LogP contribution in [0.15, 0.2) is 51.5 Å². The molecule has 0 spiro atoms. The minimum absolute atomic E-state index is 0.698. The first-order chi connectivity index (χ1) is 12.5. The lowest BCUT2D eigenvalue weighted by atomic mass is 10.1. The van der Waals surface area contributed by atoms with Crippen molar-refractivity contribution < 1.29 is 0 Å². The van der Waals surface area contributed by atoms with Gasteiger partial charge in [-0.3, -0.25) is 5.43 Å². The molecule has 0 amide bonds. The number of hydrogen-bond acceptors (Lipinski definition) is 4. The van der Waals surface area contributed by atoms with Gasteiger partial charge in [-0.05, 0) is 61.4 Å². The van der Waals surface area contributed by atoms with Crippen molar-refractivity contribution in [2.45, 2.75) is 25.8 Å². The van der Waals surface area contributed by atoms with Crippen molar-refractivity contribution in [3.63, 3.8) is 0 Å². The van der Waals surface area contributed by atoms with Crippen molar-refractivity contribution in [3.05, 3.63) is 63.7 Å². The maximum Gasteiger partial charge on any atom is 0.188 e. The molecule has 3 aromatic rings. The van der Waals surface area contributed by atoms with E-state index in [1.54, 1.807) is 6.21 Å². The van der Waals surface area contributed by atoms with Gasteiger partial charge in [-0.25, -0.2) is 9.98 Å². The summed E-state index contributed by atoms with van der Waals surface area (Å²) in [6, 6.07) is 12.1. The number of aryl methyl sites for hydroxylation is 3. The Labute approximate surface area is 161 Å². The highest BCUT2D eigenvalue weighted by Gasteiger charge is 2.15. The summed E-state index contributed by atoms with van der Waals surface area (Å²) in [6.07, 6.45) is 1.78. The summed E-state index contributed by atoms with van der Waals surface area (Å²) in [6.45, 7) is 6.10. The highest BCUT2D eigenvalue weighted by Crippen LogP contribution is 2.32. The monoisotopic (exact) mass is 380 g/mol. The first-order valence-electron chi connectivity index (χ1n) is 8.24. The van der Waals surface area contributed by atoms with Gasteiger partial charge in [0, 0.05) is 16.0 Å². The number of nitrogens with one attached hydrogen (secondary N) is 1. The van der Waals surface area contributed by atoms with E-state index in [9.17, 15) is 0 Å². The lowest BCUT2D eigenvalue weighted by molar-refractivity contribution is 1.05. The molecule has 6 heteroatoms. The van der Waals surface area contributed by atoms with Gasteiger partial charge in [0.2, 0.25) is 0 Å². The molecular formula is C20H17ClN4S. The minimum Gasteiger partial charge on any atom is -0.255 e. The molecule has 0 saturated heterocycles. The molecule has 2 heterocycles. The summed E-state index contributed by atoms with van der Waals surface area (Å²) in [7, 11) is 0. The van der Waals surface area contributed by atoms with E-state index in [1.807, 2.05) is 25.1 Å². The lowest BCUT2D eigenvalue weighted by Crippen LogP contribution is -2.12. The Morgan fingerprint density at radius 3 is 2.62 bits per heavy atom. The molecule has 4 nitrogen and oxygen atoms in total. The zero-order valence-electron chi connectivity index (χ0n) is 14.7. The van der Waals surface area contributed by atoms with Crippen molar-refractivity contribution in [2.75, 3.05) is 0 Å². The second-order valence-corrected chi connectivity index (χ2v) is 7.64. The fraction of sp³-hybridized carbons (Fsp3) is 0.150. The van der Waals surface area contributed by atoms with Crippen LogP contribution in [0.25, 0.3) is 10.9 Å². The Balaban J connectivity index is 1.82. The third kappa shape index (κ3) is 3.08. The molecule has 1 aliphatic heterocycles. The number of thioether (sulfide) groups is 1. The number of benzene rings is 2. The van der Waals surface area contributed by atoms with E-state index in [0.717, 1.165) is 48.9 Å². The first-order valence-corrected chi connectivity index (χ1v) is 9.44. The van der Waals surface area contributed by atoms with Gasteiger partial charge in [0.05, 0.1) is 17.4 Å². The number of fused-ring (bicyclic) bond motifs is 2. The van der Waals surface area contributed by atoms with Gasteiger partial charge in [-0.1, -0.05) is 35.9 Å². The highest BCUT2D eigenvalue weighted by molar-refractivity contribution is 8.13. The van der Waals surface area contributed by atoms with E-state index in [2.05, 4.69) is 42.6 Å². The Bertz CT molecular complexity index is 1070. The van der Waals surface area contributed by atoms with Crippen LogP contribution in [0.1, 0.15) is 22.3 Å². The molecule has 1 aliphatic rings. The van der Waals surface area contributed by atoms with E-state index in [0.29, 0.717) is 5.17 Å². The summed E-state index contributed by atoms with van der Waals surface area (Å²) < 4.78 is 0. The van der Waals surface area contributed by atoms with Gasteiger partial charge in [0.15, 0.2) is 5.17 Å². The van der Waals surface area contributed by atoms with Crippen LogP contribution in [0.4, 0.5) is 5.69 Å². The molecule has 130 valence electrons. The zero-order valence-corrected chi connectivity index (χ0v) is 16.2. The molecule has 0 radical (unpaired) electrons. The number of halogens is 1. The maximum atomic E-state index is 6.26. The molecule has 4 rings (SSSR count). The topological polar surface area (TPSA) is 49.6 Å². The normalized spacial score (nSPS) is 15.0. The summed E-state index contributed by atoms with van der Waals surface area (Å²) in [5.41, 5.74) is 9.09.